The van der Waals surface area contributed by atoms with Crippen LogP contribution in [0, 0.1) is 0 Å². The van der Waals surface area contributed by atoms with Crippen LogP contribution in [0.5, 0.6) is 0 Å². The van der Waals surface area contributed by atoms with Crippen molar-refractivity contribution >= 4 is 6.47 Å². The lowest BCUT2D eigenvalue weighted by Crippen LogP contribution is -2.24. The lowest BCUT2D eigenvalue weighted by Gasteiger charge is -2.04. The Hall–Kier alpha value is -0.830. The van der Waals surface area contributed by atoms with Crippen molar-refractivity contribution in [3.63, 3.8) is 0 Å². The monoisotopic (exact) mass is 129 g/mol. The van der Waals surface area contributed by atoms with Crippen LogP contribution >= 0.6 is 0 Å². The van der Waals surface area contributed by atoms with E-state index >= 15 is 0 Å². The molecule has 0 aliphatic heterocycles. The molecule has 0 saturated heterocycles. The van der Waals surface area contributed by atoms with E-state index in [1.54, 1.807) is 6.08 Å². The molecule has 3 heteroatoms. The Morgan fingerprint density at radius 1 is 1.78 bits per heavy atom. The van der Waals surface area contributed by atoms with Gasteiger partial charge < -0.3 is 10.5 Å². The predicted octanol–water partition coefficient (Wildman–Crippen LogP) is 0.0628. The summed E-state index contributed by atoms with van der Waals surface area (Å²) in [4.78, 5) is 9.61. The minimum absolute atomic E-state index is 0.104. The molecule has 9 heavy (non-hydrogen) atoms. The molecule has 0 spiro atoms. The van der Waals surface area contributed by atoms with E-state index in [1.165, 1.54) is 0 Å². The second-order valence-corrected chi connectivity index (χ2v) is 1.71. The van der Waals surface area contributed by atoms with Gasteiger partial charge in [0.25, 0.3) is 6.47 Å². The summed E-state index contributed by atoms with van der Waals surface area (Å²) in [5.41, 5.74) is 5.42. The van der Waals surface area contributed by atoms with Crippen molar-refractivity contribution in [2.75, 3.05) is 6.61 Å². The highest BCUT2D eigenvalue weighted by molar-refractivity contribution is 5.36. The molecule has 0 aromatic rings. The number of nitrogens with two attached hydrogens (primary N) is 1. The molecule has 52 valence electrons. The van der Waals surface area contributed by atoms with Gasteiger partial charge in [-0.25, -0.2) is 0 Å². The van der Waals surface area contributed by atoms with E-state index in [9.17, 15) is 4.79 Å². The lowest BCUT2D eigenvalue weighted by atomic mass is 10.2. The van der Waals surface area contributed by atoms with Gasteiger partial charge in [0.2, 0.25) is 0 Å². The summed E-state index contributed by atoms with van der Waals surface area (Å²) in [6.07, 6.45) is 2.37. The van der Waals surface area contributed by atoms with Crippen molar-refractivity contribution < 1.29 is 9.53 Å². The topological polar surface area (TPSA) is 52.3 Å². The summed E-state index contributed by atoms with van der Waals surface area (Å²) in [5.74, 6) is 0. The van der Waals surface area contributed by atoms with Gasteiger partial charge in [-0.05, 0) is 6.42 Å². The fourth-order valence-electron chi connectivity index (χ4n) is 0.445. The molecule has 0 fully saturated rings. The van der Waals surface area contributed by atoms with Crippen LogP contribution in [0.25, 0.3) is 0 Å². The van der Waals surface area contributed by atoms with Crippen LogP contribution in [0.4, 0.5) is 0 Å². The number of rotatable bonds is 5. The zero-order valence-electron chi connectivity index (χ0n) is 5.25. The third-order valence-electron chi connectivity index (χ3n) is 0.848. The average Bonchev–Trinajstić information content (AvgIpc) is 1.85. The summed E-state index contributed by atoms with van der Waals surface area (Å²) < 4.78 is 4.39. The van der Waals surface area contributed by atoms with Crippen LogP contribution in [0.3, 0.4) is 0 Å². The van der Waals surface area contributed by atoms with Crippen LogP contribution in [0.2, 0.25) is 0 Å². The van der Waals surface area contributed by atoms with E-state index in [-0.39, 0.29) is 12.6 Å². The first-order chi connectivity index (χ1) is 4.31. The van der Waals surface area contributed by atoms with Crippen LogP contribution < -0.4 is 5.73 Å². The third kappa shape index (κ3) is 5.03. The Bertz CT molecular complexity index is 93.1. The van der Waals surface area contributed by atoms with Crippen molar-refractivity contribution in [1.82, 2.24) is 0 Å². The van der Waals surface area contributed by atoms with E-state index < -0.39 is 0 Å². The van der Waals surface area contributed by atoms with E-state index in [4.69, 9.17) is 5.73 Å². The van der Waals surface area contributed by atoms with Gasteiger partial charge in [-0.15, -0.1) is 6.58 Å². The molecule has 0 heterocycles. The molecule has 3 nitrogen and oxygen atoms in total. The zero-order chi connectivity index (χ0) is 7.11. The average molecular weight is 129 g/mol. The Morgan fingerprint density at radius 2 is 2.44 bits per heavy atom. The summed E-state index contributed by atoms with van der Waals surface area (Å²) in [6, 6.07) is -0.104. The van der Waals surface area contributed by atoms with Crippen LogP contribution in [-0.4, -0.2) is 19.1 Å². The second-order valence-electron chi connectivity index (χ2n) is 1.71. The first-order valence-electron chi connectivity index (χ1n) is 2.73. The summed E-state index contributed by atoms with van der Waals surface area (Å²) in [5, 5.41) is 0. The molecule has 0 saturated carbocycles. The number of hydrogen-bond acceptors (Lipinski definition) is 3. The highest BCUT2D eigenvalue weighted by Gasteiger charge is 1.97. The fraction of sp³-hybridized carbons (Fsp3) is 0.500. The minimum Gasteiger partial charge on any atom is -0.466 e. The molecule has 0 aliphatic carbocycles. The predicted molar refractivity (Wildman–Crippen MR) is 34.8 cm³/mol. The molecule has 2 N–H and O–H groups in total. The Morgan fingerprint density at radius 3 is 2.89 bits per heavy atom. The molecule has 0 aromatic carbocycles. The molecule has 0 aliphatic rings. The fourth-order valence-corrected chi connectivity index (χ4v) is 0.445. The maximum absolute atomic E-state index is 9.61. The zero-order valence-corrected chi connectivity index (χ0v) is 5.25. The normalized spacial score (nSPS) is 12.1. The van der Waals surface area contributed by atoms with Crippen LogP contribution in [-0.2, 0) is 9.53 Å². The van der Waals surface area contributed by atoms with Gasteiger partial charge in [-0.3, -0.25) is 4.79 Å². The summed E-state index contributed by atoms with van der Waals surface area (Å²) in [7, 11) is 0. The molecule has 0 bridgehead atoms. The number of ether oxygens (including phenoxy) is 1. The van der Waals surface area contributed by atoms with E-state index in [1.807, 2.05) is 0 Å². The molecule has 0 amide bonds. The smallest absolute Gasteiger partial charge is 0.293 e. The second kappa shape index (κ2) is 5.31. The van der Waals surface area contributed by atoms with Crippen molar-refractivity contribution in [3.8, 4) is 0 Å². The molecule has 0 rings (SSSR count). The van der Waals surface area contributed by atoms with Crippen molar-refractivity contribution in [2.24, 2.45) is 5.73 Å². The summed E-state index contributed by atoms with van der Waals surface area (Å²) >= 11 is 0. The van der Waals surface area contributed by atoms with Gasteiger partial charge in [0, 0.05) is 6.04 Å². The van der Waals surface area contributed by atoms with Gasteiger partial charge in [0.05, 0.1) is 0 Å². The van der Waals surface area contributed by atoms with Crippen LogP contribution in [0.15, 0.2) is 12.7 Å². The molecule has 0 unspecified atom stereocenters. The molecule has 0 aromatic heterocycles. The van der Waals surface area contributed by atoms with E-state index in [2.05, 4.69) is 11.3 Å². The van der Waals surface area contributed by atoms with Gasteiger partial charge in [-0.2, -0.15) is 0 Å². The number of hydrogen-bond donors (Lipinski definition) is 1. The Labute approximate surface area is 54.5 Å². The first kappa shape index (κ1) is 8.17. The van der Waals surface area contributed by atoms with E-state index in [0.29, 0.717) is 12.9 Å². The standard InChI is InChI=1S/C6H11NO2/c1-2-3-6(7)4-9-5-8/h2,5-6H,1,3-4,7H2/t6-/m0/s1. The molecule has 0 radical (unpaired) electrons. The SMILES string of the molecule is C=CC[C@H](N)COC=O. The third-order valence-corrected chi connectivity index (χ3v) is 0.848. The molecular formula is C6H11NO2. The van der Waals surface area contributed by atoms with E-state index in [0.717, 1.165) is 0 Å². The minimum atomic E-state index is -0.104. The van der Waals surface area contributed by atoms with Crippen LogP contribution in [0.1, 0.15) is 6.42 Å². The Balaban J connectivity index is 3.14. The van der Waals surface area contributed by atoms with Gasteiger partial charge in [0.1, 0.15) is 6.61 Å². The molecule has 1 atom stereocenters. The van der Waals surface area contributed by atoms with Crippen molar-refractivity contribution in [2.45, 2.75) is 12.5 Å². The maximum atomic E-state index is 9.61. The van der Waals surface area contributed by atoms with Crippen molar-refractivity contribution in [1.29, 1.82) is 0 Å². The van der Waals surface area contributed by atoms with Gasteiger partial charge in [-0.1, -0.05) is 6.08 Å². The number of carbonyl (C=O) groups is 1. The highest BCUT2D eigenvalue weighted by Crippen LogP contribution is 1.87. The number of carbonyl (C=O) groups excluding carboxylic acids is 1. The van der Waals surface area contributed by atoms with Gasteiger partial charge in [0.15, 0.2) is 0 Å². The quantitative estimate of drug-likeness (QED) is 0.422. The summed E-state index contributed by atoms with van der Waals surface area (Å²) in [6.45, 7) is 4.15. The highest BCUT2D eigenvalue weighted by atomic mass is 16.5. The Kier molecular flexibility index (Phi) is 4.82. The molecular weight excluding hydrogens is 118 g/mol. The first-order valence-corrected chi connectivity index (χ1v) is 2.73. The van der Waals surface area contributed by atoms with Crippen molar-refractivity contribution in [3.05, 3.63) is 12.7 Å². The van der Waals surface area contributed by atoms with Gasteiger partial charge >= 0.3 is 0 Å². The maximum Gasteiger partial charge on any atom is 0.293 e. The lowest BCUT2D eigenvalue weighted by molar-refractivity contribution is -0.129. The largest absolute Gasteiger partial charge is 0.466 e.